The second-order valence-electron chi connectivity index (χ2n) is 5.76. The molecule has 0 fully saturated rings. The molecule has 0 amide bonds. The molecule has 5 heteroatoms. The third-order valence-electron chi connectivity index (χ3n) is 4.38. The molecule has 2 N–H and O–H groups in total. The van der Waals surface area contributed by atoms with Gasteiger partial charge < -0.3 is 10.2 Å². The summed E-state index contributed by atoms with van der Waals surface area (Å²) in [6, 6.07) is 9.44. The van der Waals surface area contributed by atoms with Gasteiger partial charge in [-0.05, 0) is 55.5 Å². The number of furan rings is 1. The van der Waals surface area contributed by atoms with Crippen molar-refractivity contribution in [1.29, 1.82) is 5.26 Å². The minimum absolute atomic E-state index is 0.445. The summed E-state index contributed by atoms with van der Waals surface area (Å²) in [6.07, 6.45) is 4.04. The number of hydrogen-bond acceptors (Lipinski definition) is 4. The molecule has 23 heavy (non-hydrogen) atoms. The highest BCUT2D eigenvalue weighted by molar-refractivity contribution is 6.30. The molecular formula is C18H14ClN3O. The highest BCUT2D eigenvalue weighted by Crippen LogP contribution is 2.39. The first-order valence-electron chi connectivity index (χ1n) is 7.59. The van der Waals surface area contributed by atoms with E-state index >= 15 is 0 Å². The molecule has 1 aliphatic carbocycles. The number of pyridine rings is 1. The Labute approximate surface area is 138 Å². The number of nitrogens with two attached hydrogens (primary N) is 1. The van der Waals surface area contributed by atoms with Crippen LogP contribution in [0.2, 0.25) is 5.02 Å². The molecule has 0 bridgehead atoms. The number of nitriles is 1. The van der Waals surface area contributed by atoms with Gasteiger partial charge in [0, 0.05) is 16.3 Å². The summed E-state index contributed by atoms with van der Waals surface area (Å²) in [6.45, 7) is 0. The SMILES string of the molecule is N#Cc1c(-c2ccc(Cl)cc2)oc2nc3c(c(N)c12)CCCC3. The van der Waals surface area contributed by atoms with Gasteiger partial charge in [-0.2, -0.15) is 5.26 Å². The van der Waals surface area contributed by atoms with Gasteiger partial charge in [0.1, 0.15) is 11.6 Å². The van der Waals surface area contributed by atoms with Gasteiger partial charge in [-0.25, -0.2) is 4.98 Å². The normalized spacial score (nSPS) is 13.7. The van der Waals surface area contributed by atoms with Gasteiger partial charge in [-0.15, -0.1) is 0 Å². The first kappa shape index (κ1) is 14.1. The summed E-state index contributed by atoms with van der Waals surface area (Å²) >= 11 is 5.93. The smallest absolute Gasteiger partial charge is 0.230 e. The Hall–Kier alpha value is -2.51. The average molecular weight is 324 g/mol. The third kappa shape index (κ3) is 2.16. The molecule has 0 unspecified atom stereocenters. The predicted octanol–water partition coefficient (Wildman–Crippen LogP) is 4.48. The number of fused-ring (bicyclic) bond motifs is 2. The summed E-state index contributed by atoms with van der Waals surface area (Å²) < 4.78 is 5.91. The van der Waals surface area contributed by atoms with Crippen molar-refractivity contribution in [2.75, 3.05) is 5.73 Å². The fourth-order valence-electron chi connectivity index (χ4n) is 3.24. The molecule has 0 saturated heterocycles. The number of halogens is 1. The average Bonchev–Trinajstić information content (AvgIpc) is 2.94. The van der Waals surface area contributed by atoms with E-state index in [-0.39, 0.29) is 0 Å². The molecule has 3 aromatic rings. The third-order valence-corrected chi connectivity index (χ3v) is 4.63. The van der Waals surface area contributed by atoms with E-state index in [1.807, 2.05) is 12.1 Å². The maximum Gasteiger partial charge on any atom is 0.230 e. The molecule has 114 valence electrons. The number of rotatable bonds is 1. The van der Waals surface area contributed by atoms with Crippen molar-refractivity contribution < 1.29 is 4.42 Å². The van der Waals surface area contributed by atoms with Crippen LogP contribution in [0.4, 0.5) is 5.69 Å². The topological polar surface area (TPSA) is 75.8 Å². The molecular weight excluding hydrogens is 310 g/mol. The van der Waals surface area contributed by atoms with Crippen molar-refractivity contribution in [2.24, 2.45) is 0 Å². The van der Waals surface area contributed by atoms with Crippen LogP contribution >= 0.6 is 11.6 Å². The van der Waals surface area contributed by atoms with Gasteiger partial charge in [0.2, 0.25) is 5.71 Å². The molecule has 2 aromatic heterocycles. The fraction of sp³-hybridized carbons (Fsp3) is 0.222. The number of aryl methyl sites for hydroxylation is 1. The highest BCUT2D eigenvalue weighted by atomic mass is 35.5. The van der Waals surface area contributed by atoms with E-state index in [0.29, 0.717) is 33.1 Å². The maximum atomic E-state index is 9.63. The lowest BCUT2D eigenvalue weighted by atomic mass is 9.93. The second kappa shape index (κ2) is 5.29. The molecule has 0 radical (unpaired) electrons. The number of anilines is 1. The van der Waals surface area contributed by atoms with Crippen LogP contribution in [0.5, 0.6) is 0 Å². The van der Waals surface area contributed by atoms with Crippen molar-refractivity contribution in [3.63, 3.8) is 0 Å². The Morgan fingerprint density at radius 1 is 1.17 bits per heavy atom. The van der Waals surface area contributed by atoms with E-state index in [2.05, 4.69) is 11.1 Å². The zero-order valence-electron chi connectivity index (χ0n) is 12.4. The Bertz CT molecular complexity index is 951. The van der Waals surface area contributed by atoms with Gasteiger partial charge in [0.15, 0.2) is 5.76 Å². The zero-order valence-corrected chi connectivity index (χ0v) is 13.2. The van der Waals surface area contributed by atoms with Crippen LogP contribution in [0.3, 0.4) is 0 Å². The summed E-state index contributed by atoms with van der Waals surface area (Å²) in [5.74, 6) is 0.501. The largest absolute Gasteiger partial charge is 0.436 e. The fourth-order valence-corrected chi connectivity index (χ4v) is 3.36. The van der Waals surface area contributed by atoms with Crippen LogP contribution < -0.4 is 5.73 Å². The quantitative estimate of drug-likeness (QED) is 0.716. The molecule has 1 aliphatic rings. The molecule has 1 aromatic carbocycles. The predicted molar refractivity (Wildman–Crippen MR) is 90.2 cm³/mol. The molecule has 0 aliphatic heterocycles. The van der Waals surface area contributed by atoms with Crippen LogP contribution in [0.25, 0.3) is 22.4 Å². The number of aromatic nitrogens is 1. The molecule has 4 nitrogen and oxygen atoms in total. The standard InChI is InChI=1S/C18H14ClN3O/c19-11-7-5-10(6-8-11)17-13(9-20)15-16(21)12-3-1-2-4-14(12)22-18(15)23-17/h5-8H,1-4H2,(H2,21,22). The van der Waals surface area contributed by atoms with Crippen LogP contribution in [0, 0.1) is 11.3 Å². The van der Waals surface area contributed by atoms with Crippen molar-refractivity contribution in [3.05, 3.63) is 46.1 Å². The van der Waals surface area contributed by atoms with Crippen LogP contribution in [-0.2, 0) is 12.8 Å². The van der Waals surface area contributed by atoms with E-state index in [9.17, 15) is 5.26 Å². The lowest BCUT2D eigenvalue weighted by Gasteiger charge is -2.16. The van der Waals surface area contributed by atoms with Gasteiger partial charge in [0.05, 0.1) is 11.1 Å². The number of hydrogen-bond donors (Lipinski definition) is 1. The Balaban J connectivity index is 2.02. The van der Waals surface area contributed by atoms with E-state index in [4.69, 9.17) is 21.8 Å². The molecule has 0 saturated carbocycles. The van der Waals surface area contributed by atoms with Crippen LogP contribution in [-0.4, -0.2) is 4.98 Å². The summed E-state index contributed by atoms with van der Waals surface area (Å²) in [5.41, 5.74) is 10.8. The molecule has 0 atom stereocenters. The second-order valence-corrected chi connectivity index (χ2v) is 6.20. The van der Waals surface area contributed by atoms with Crippen molar-refractivity contribution in [2.45, 2.75) is 25.7 Å². The van der Waals surface area contributed by atoms with Crippen molar-refractivity contribution >= 4 is 28.4 Å². The highest BCUT2D eigenvalue weighted by Gasteiger charge is 2.24. The monoisotopic (exact) mass is 323 g/mol. The van der Waals surface area contributed by atoms with Crippen molar-refractivity contribution in [3.8, 4) is 17.4 Å². The minimum atomic E-state index is 0.445. The van der Waals surface area contributed by atoms with E-state index in [1.165, 1.54) is 0 Å². The summed E-state index contributed by atoms with van der Waals surface area (Å²) in [5, 5.41) is 10.9. The zero-order chi connectivity index (χ0) is 16.0. The number of nitrogen functional groups attached to an aromatic ring is 1. The van der Waals surface area contributed by atoms with Gasteiger partial charge >= 0.3 is 0 Å². The number of nitrogens with zero attached hydrogens (tertiary/aromatic N) is 2. The minimum Gasteiger partial charge on any atom is -0.436 e. The molecule has 4 rings (SSSR count). The molecule has 2 heterocycles. The van der Waals surface area contributed by atoms with Gasteiger partial charge in [-0.1, -0.05) is 11.6 Å². The summed E-state index contributed by atoms with van der Waals surface area (Å²) in [4.78, 5) is 4.63. The maximum absolute atomic E-state index is 9.63. The lowest BCUT2D eigenvalue weighted by Crippen LogP contribution is -2.09. The Morgan fingerprint density at radius 3 is 2.65 bits per heavy atom. The summed E-state index contributed by atoms with van der Waals surface area (Å²) in [7, 11) is 0. The first-order valence-corrected chi connectivity index (χ1v) is 7.96. The van der Waals surface area contributed by atoms with Crippen LogP contribution in [0.1, 0.15) is 29.7 Å². The lowest BCUT2D eigenvalue weighted by molar-refractivity contribution is 0.607. The molecule has 0 spiro atoms. The van der Waals surface area contributed by atoms with E-state index in [0.717, 1.165) is 42.5 Å². The number of benzene rings is 1. The van der Waals surface area contributed by atoms with Gasteiger partial charge in [0.25, 0.3) is 0 Å². The van der Waals surface area contributed by atoms with E-state index in [1.54, 1.807) is 12.1 Å². The van der Waals surface area contributed by atoms with Crippen LogP contribution in [0.15, 0.2) is 28.7 Å². The Morgan fingerprint density at radius 2 is 1.91 bits per heavy atom. The Kier molecular flexibility index (Phi) is 3.24. The van der Waals surface area contributed by atoms with Crippen molar-refractivity contribution in [1.82, 2.24) is 4.98 Å². The van der Waals surface area contributed by atoms with E-state index < -0.39 is 0 Å². The van der Waals surface area contributed by atoms with Gasteiger partial charge in [-0.3, -0.25) is 0 Å². The first-order chi connectivity index (χ1) is 11.2.